The summed E-state index contributed by atoms with van der Waals surface area (Å²) in [5, 5.41) is 4.67. The molecule has 2 aromatic heterocycles. The number of sulfonamides is 1. The van der Waals surface area contributed by atoms with Crippen molar-refractivity contribution in [1.29, 1.82) is 0 Å². The minimum absolute atomic E-state index is 0.179. The summed E-state index contributed by atoms with van der Waals surface area (Å²) < 4.78 is 40.7. The average Bonchev–Trinajstić information content (AvgIpc) is 3.73. The lowest BCUT2D eigenvalue weighted by atomic mass is 10.1. The van der Waals surface area contributed by atoms with Gasteiger partial charge in [0, 0.05) is 35.5 Å². The number of amides is 1. The molecule has 1 N–H and O–H groups in total. The first-order valence-electron chi connectivity index (χ1n) is 15.3. The summed E-state index contributed by atoms with van der Waals surface area (Å²) in [6.45, 7) is 11.2. The lowest BCUT2D eigenvalue weighted by Gasteiger charge is -2.25. The van der Waals surface area contributed by atoms with E-state index >= 15 is 0 Å². The molecule has 0 spiro atoms. The van der Waals surface area contributed by atoms with Gasteiger partial charge >= 0.3 is 0 Å². The maximum atomic E-state index is 13.7. The van der Waals surface area contributed by atoms with Crippen LogP contribution >= 0.6 is 22.7 Å². The van der Waals surface area contributed by atoms with Crippen LogP contribution in [0.2, 0.25) is 0 Å². The summed E-state index contributed by atoms with van der Waals surface area (Å²) in [5.41, 5.74) is 4.30. The van der Waals surface area contributed by atoms with Gasteiger partial charge in [0.2, 0.25) is 16.8 Å². The maximum absolute atomic E-state index is 13.7. The first-order valence-corrected chi connectivity index (χ1v) is 18.3. The van der Waals surface area contributed by atoms with Gasteiger partial charge in [-0.2, -0.15) is 4.31 Å². The number of carbonyl (C=O) groups excluding carboxylic acids is 1. The number of ether oxygens (including phenoxy) is 2. The van der Waals surface area contributed by atoms with E-state index in [1.807, 2.05) is 70.2 Å². The van der Waals surface area contributed by atoms with Crippen LogP contribution in [0.1, 0.15) is 54.1 Å². The molecule has 1 amide bonds. The molecule has 1 aliphatic heterocycles. The van der Waals surface area contributed by atoms with E-state index in [9.17, 15) is 13.2 Å². The van der Waals surface area contributed by atoms with Crippen LogP contribution in [-0.2, 0) is 16.4 Å². The summed E-state index contributed by atoms with van der Waals surface area (Å²) in [6.07, 6.45) is 0.650. The number of aromatic nitrogens is 1. The van der Waals surface area contributed by atoms with Crippen LogP contribution in [0.5, 0.6) is 11.5 Å². The average molecular weight is 676 g/mol. The zero-order chi connectivity index (χ0) is 32.6. The first kappa shape index (κ1) is 32.2. The Morgan fingerprint density at radius 3 is 2.33 bits per heavy atom. The molecule has 11 heteroatoms. The normalized spacial score (nSPS) is 13.0. The molecule has 3 aromatic carbocycles. The Kier molecular flexibility index (Phi) is 9.20. The van der Waals surface area contributed by atoms with Crippen LogP contribution in [0, 0.1) is 18.8 Å². The molecule has 3 heterocycles. The molecule has 1 aliphatic rings. The number of rotatable bonds is 11. The highest BCUT2D eigenvalue weighted by Crippen LogP contribution is 2.45. The lowest BCUT2D eigenvalue weighted by Crippen LogP contribution is -2.37. The van der Waals surface area contributed by atoms with E-state index in [1.165, 1.54) is 27.8 Å². The molecule has 240 valence electrons. The second-order valence-electron chi connectivity index (χ2n) is 12.3. The summed E-state index contributed by atoms with van der Waals surface area (Å²) in [7, 11) is -3.70. The van der Waals surface area contributed by atoms with Crippen molar-refractivity contribution in [3.63, 3.8) is 0 Å². The number of hydrogen-bond donors (Lipinski definition) is 1. The van der Waals surface area contributed by atoms with Gasteiger partial charge in [-0.25, -0.2) is 13.4 Å². The molecular formula is C35H37N3O5S3. The highest BCUT2D eigenvalue weighted by Gasteiger charge is 2.27. The minimum Gasteiger partial charge on any atom is -0.454 e. The van der Waals surface area contributed by atoms with Crippen molar-refractivity contribution in [1.82, 2.24) is 9.29 Å². The minimum atomic E-state index is -3.70. The van der Waals surface area contributed by atoms with Crippen molar-refractivity contribution in [3.8, 4) is 22.1 Å². The monoisotopic (exact) mass is 675 g/mol. The lowest BCUT2D eigenvalue weighted by molar-refractivity contribution is 0.102. The quantitative estimate of drug-likeness (QED) is 0.152. The van der Waals surface area contributed by atoms with E-state index in [-0.39, 0.29) is 29.4 Å². The molecular weight excluding hydrogens is 639 g/mol. The van der Waals surface area contributed by atoms with E-state index < -0.39 is 10.0 Å². The van der Waals surface area contributed by atoms with Gasteiger partial charge in [0.1, 0.15) is 10.0 Å². The number of thiophene rings is 1. The Hall–Kier alpha value is -3.77. The van der Waals surface area contributed by atoms with E-state index in [0.717, 1.165) is 48.3 Å². The van der Waals surface area contributed by atoms with Crippen molar-refractivity contribution >= 4 is 53.8 Å². The SMILES string of the molecule is Cc1c(Cc2ccc3c(c2)OCO3)sc(NC(=O)c2ccc(S(=O)(=O)N(CC(C)C)CC(C)C)cc2)c1-c1nc2ccccc2s1. The van der Waals surface area contributed by atoms with Crippen molar-refractivity contribution in [2.75, 3.05) is 25.2 Å². The van der Waals surface area contributed by atoms with Crippen LogP contribution in [0.3, 0.4) is 0 Å². The molecule has 0 aliphatic carbocycles. The van der Waals surface area contributed by atoms with E-state index in [0.29, 0.717) is 30.1 Å². The number of carbonyl (C=O) groups is 1. The molecule has 0 radical (unpaired) electrons. The number of nitrogens with one attached hydrogen (secondary N) is 1. The predicted molar refractivity (Wildman–Crippen MR) is 186 cm³/mol. The van der Waals surface area contributed by atoms with Crippen molar-refractivity contribution in [3.05, 3.63) is 88.3 Å². The van der Waals surface area contributed by atoms with Crippen LogP contribution in [0.25, 0.3) is 20.8 Å². The molecule has 0 unspecified atom stereocenters. The smallest absolute Gasteiger partial charge is 0.256 e. The molecule has 0 fully saturated rings. The molecule has 0 bridgehead atoms. The summed E-state index contributed by atoms with van der Waals surface area (Å²) in [5.74, 6) is 1.53. The molecule has 46 heavy (non-hydrogen) atoms. The number of anilines is 1. The Labute approximate surface area is 278 Å². The van der Waals surface area contributed by atoms with Crippen LogP contribution in [-0.4, -0.2) is 43.5 Å². The maximum Gasteiger partial charge on any atom is 0.256 e. The second-order valence-corrected chi connectivity index (χ2v) is 16.4. The fourth-order valence-corrected chi connectivity index (χ4v) is 9.62. The van der Waals surface area contributed by atoms with Crippen LogP contribution < -0.4 is 14.8 Å². The highest BCUT2D eigenvalue weighted by atomic mass is 32.2. The fourth-order valence-electron chi connectivity index (χ4n) is 5.48. The third kappa shape index (κ3) is 6.69. The third-order valence-electron chi connectivity index (χ3n) is 7.67. The number of para-hydroxylation sites is 1. The first-order chi connectivity index (χ1) is 22.0. The molecule has 0 saturated heterocycles. The van der Waals surface area contributed by atoms with E-state index in [2.05, 4.69) is 12.2 Å². The summed E-state index contributed by atoms with van der Waals surface area (Å²) >= 11 is 3.11. The van der Waals surface area contributed by atoms with Gasteiger partial charge < -0.3 is 14.8 Å². The van der Waals surface area contributed by atoms with E-state index in [4.69, 9.17) is 14.5 Å². The Morgan fingerprint density at radius 1 is 0.935 bits per heavy atom. The van der Waals surface area contributed by atoms with Gasteiger partial charge in [-0.15, -0.1) is 22.7 Å². The summed E-state index contributed by atoms with van der Waals surface area (Å²) in [4.78, 5) is 19.8. The molecule has 5 aromatic rings. The third-order valence-corrected chi connectivity index (χ3v) is 11.8. The second kappa shape index (κ2) is 13.2. The predicted octanol–water partition coefficient (Wildman–Crippen LogP) is 8.21. The summed E-state index contributed by atoms with van der Waals surface area (Å²) in [6, 6.07) is 20.2. The zero-order valence-corrected chi connectivity index (χ0v) is 28.9. The molecule has 6 rings (SSSR count). The van der Waals surface area contributed by atoms with Gasteiger partial charge in [-0.3, -0.25) is 4.79 Å². The van der Waals surface area contributed by atoms with Gasteiger partial charge in [-0.1, -0.05) is 45.9 Å². The van der Waals surface area contributed by atoms with E-state index in [1.54, 1.807) is 23.5 Å². The van der Waals surface area contributed by atoms with Crippen molar-refractivity contribution < 1.29 is 22.7 Å². The van der Waals surface area contributed by atoms with Gasteiger partial charge in [-0.05, 0) is 78.4 Å². The fraction of sp³-hybridized carbons (Fsp3) is 0.314. The number of benzene rings is 3. The number of nitrogens with zero attached hydrogens (tertiary/aromatic N) is 2. The Balaban J connectivity index is 1.30. The highest BCUT2D eigenvalue weighted by molar-refractivity contribution is 7.89. The number of fused-ring (bicyclic) bond motifs is 2. The van der Waals surface area contributed by atoms with Crippen molar-refractivity contribution in [2.45, 2.75) is 45.9 Å². The molecule has 8 nitrogen and oxygen atoms in total. The topological polar surface area (TPSA) is 97.8 Å². The largest absolute Gasteiger partial charge is 0.454 e. The molecule has 0 saturated carbocycles. The van der Waals surface area contributed by atoms with Crippen molar-refractivity contribution in [2.24, 2.45) is 11.8 Å². The van der Waals surface area contributed by atoms with Gasteiger partial charge in [0.05, 0.1) is 15.1 Å². The van der Waals surface area contributed by atoms with Crippen LogP contribution in [0.4, 0.5) is 5.00 Å². The standard InChI is InChI=1S/C35H37N3O5S3/c1-21(2)18-38(19-22(3)4)46(40,41)26-13-11-25(12-14-26)33(39)37-35-32(34-36-27-8-6-7-9-30(27)44-34)23(5)31(45-35)17-24-10-15-28-29(16-24)43-20-42-28/h6-16,21-22H,17-20H2,1-5H3,(H,37,39). The molecule has 0 atom stereocenters. The Morgan fingerprint density at radius 2 is 1.63 bits per heavy atom. The van der Waals surface area contributed by atoms with Gasteiger partial charge in [0.25, 0.3) is 5.91 Å². The number of hydrogen-bond acceptors (Lipinski definition) is 8. The Bertz CT molecular complexity index is 1950. The van der Waals surface area contributed by atoms with Gasteiger partial charge in [0.15, 0.2) is 11.5 Å². The zero-order valence-electron chi connectivity index (χ0n) is 26.5. The van der Waals surface area contributed by atoms with Crippen LogP contribution in [0.15, 0.2) is 71.6 Å². The number of thiazole rings is 1.